The van der Waals surface area contributed by atoms with Crippen LogP contribution >= 0.6 is 0 Å². The van der Waals surface area contributed by atoms with Gasteiger partial charge in [-0.3, -0.25) is 5.10 Å². The molecule has 4 heterocycles. The molecule has 1 aliphatic heterocycles. The van der Waals surface area contributed by atoms with Crippen molar-refractivity contribution >= 4 is 22.4 Å². The summed E-state index contributed by atoms with van der Waals surface area (Å²) in [4.78, 5) is 6.20. The fourth-order valence-electron chi connectivity index (χ4n) is 4.32. The van der Waals surface area contributed by atoms with E-state index >= 15 is 0 Å². The minimum atomic E-state index is -4.48. The minimum Gasteiger partial charge on any atom is -0.379 e. The molecule has 5 rings (SSSR count). The molecule has 3 N–H and O–H groups in total. The number of anilines is 2. The summed E-state index contributed by atoms with van der Waals surface area (Å²) in [5, 5.41) is 17.2. The van der Waals surface area contributed by atoms with Gasteiger partial charge in [0, 0.05) is 24.2 Å². The fourth-order valence-corrected chi connectivity index (χ4v) is 4.32. The van der Waals surface area contributed by atoms with E-state index in [0.717, 1.165) is 11.1 Å². The third-order valence-corrected chi connectivity index (χ3v) is 6.00. The Balaban J connectivity index is 1.48. The Morgan fingerprint density at radius 2 is 2.11 bits per heavy atom. The van der Waals surface area contributed by atoms with E-state index in [1.165, 1.54) is 0 Å². The molecule has 1 fully saturated rings. The number of nitrogens with one attached hydrogen (secondary N) is 3. The molecular weight excluding hydrogens is 468 g/mol. The molecule has 0 radical (unpaired) electrons. The van der Waals surface area contributed by atoms with Crippen molar-refractivity contribution in [2.45, 2.75) is 37.9 Å². The van der Waals surface area contributed by atoms with Crippen molar-refractivity contribution in [2.24, 2.45) is 0 Å². The lowest BCUT2D eigenvalue weighted by Crippen LogP contribution is -2.46. The number of H-pyrrole nitrogens is 1. The minimum absolute atomic E-state index is 0.0282. The second-order valence-corrected chi connectivity index (χ2v) is 8.62. The fraction of sp³-hybridized carbons (Fsp3) is 0.409. The van der Waals surface area contributed by atoms with Crippen molar-refractivity contribution in [1.29, 1.82) is 0 Å². The zero-order valence-corrected chi connectivity index (χ0v) is 18.8. The first-order valence-electron chi connectivity index (χ1n) is 11.1. The lowest BCUT2D eigenvalue weighted by molar-refractivity contribution is -0.139. The first-order valence-corrected chi connectivity index (χ1v) is 11.1. The van der Waals surface area contributed by atoms with Crippen LogP contribution in [-0.4, -0.2) is 68.3 Å². The molecule has 2 unspecified atom stereocenters. The van der Waals surface area contributed by atoms with Crippen molar-refractivity contribution in [2.75, 3.05) is 30.8 Å². The van der Waals surface area contributed by atoms with E-state index in [-0.39, 0.29) is 24.0 Å². The van der Waals surface area contributed by atoms with E-state index in [0.29, 0.717) is 35.4 Å². The predicted molar refractivity (Wildman–Crippen MR) is 122 cm³/mol. The standard InChI is InChI=1S/C22H24F4N8O/c1-33-8-6-16(14(23)11-33)29-15-3-2-4-17-13(15)9-18(34(17)12-22(24,25)26)21-30-20(35-32-21)10-27-19-5-7-28-31-19/h2-5,7,9,14,16,29H,6,8,10-12H2,1H3,(H2,27,28,31). The molecule has 1 aromatic carbocycles. The van der Waals surface area contributed by atoms with Crippen LogP contribution in [0.5, 0.6) is 0 Å². The first kappa shape index (κ1) is 23.1. The van der Waals surface area contributed by atoms with Gasteiger partial charge in [-0.05, 0) is 37.7 Å². The predicted octanol–water partition coefficient (Wildman–Crippen LogP) is 4.04. The molecule has 0 aliphatic carbocycles. The SMILES string of the molecule is CN1CCC(Nc2cccc3c2cc(-c2noc(CNc4ccn[nH]4)n2)n3CC(F)(F)F)C(F)C1. The number of nitrogens with zero attached hydrogens (tertiary/aromatic N) is 5. The molecule has 1 saturated heterocycles. The molecule has 186 valence electrons. The van der Waals surface area contributed by atoms with E-state index in [1.807, 2.05) is 11.9 Å². The summed E-state index contributed by atoms with van der Waals surface area (Å²) < 4.78 is 61.5. The Hall–Kier alpha value is -3.61. The van der Waals surface area contributed by atoms with Crippen LogP contribution in [0.25, 0.3) is 22.4 Å². The number of piperidine rings is 1. The van der Waals surface area contributed by atoms with Gasteiger partial charge in [-0.15, -0.1) is 0 Å². The van der Waals surface area contributed by atoms with Crippen molar-refractivity contribution in [1.82, 2.24) is 29.8 Å². The Morgan fingerprint density at radius 1 is 1.26 bits per heavy atom. The number of hydrogen-bond acceptors (Lipinski definition) is 7. The van der Waals surface area contributed by atoms with E-state index in [4.69, 9.17) is 4.52 Å². The van der Waals surface area contributed by atoms with Crippen LogP contribution in [0.3, 0.4) is 0 Å². The largest absolute Gasteiger partial charge is 0.406 e. The summed E-state index contributed by atoms with van der Waals surface area (Å²) in [5.41, 5.74) is 1.06. The van der Waals surface area contributed by atoms with Crippen molar-refractivity contribution in [3.63, 3.8) is 0 Å². The summed E-state index contributed by atoms with van der Waals surface area (Å²) in [7, 11) is 1.86. The van der Waals surface area contributed by atoms with Crippen LogP contribution in [0.15, 0.2) is 41.1 Å². The van der Waals surface area contributed by atoms with Gasteiger partial charge in [-0.2, -0.15) is 23.3 Å². The van der Waals surface area contributed by atoms with E-state index in [1.54, 1.807) is 36.5 Å². The number of benzene rings is 1. The number of alkyl halides is 4. The van der Waals surface area contributed by atoms with Gasteiger partial charge < -0.3 is 24.6 Å². The van der Waals surface area contributed by atoms with Crippen LogP contribution in [0.2, 0.25) is 0 Å². The third-order valence-electron chi connectivity index (χ3n) is 6.00. The number of aromatic amines is 1. The second-order valence-electron chi connectivity index (χ2n) is 8.62. The van der Waals surface area contributed by atoms with Gasteiger partial charge in [0.25, 0.3) is 0 Å². The summed E-state index contributed by atoms with van der Waals surface area (Å²) in [6.07, 6.45) is -3.42. The van der Waals surface area contributed by atoms with Crippen LogP contribution < -0.4 is 10.6 Å². The third kappa shape index (κ3) is 5.09. The number of fused-ring (bicyclic) bond motifs is 1. The molecule has 0 bridgehead atoms. The van der Waals surface area contributed by atoms with Gasteiger partial charge in [-0.25, -0.2) is 4.39 Å². The van der Waals surface area contributed by atoms with Crippen LogP contribution in [0.4, 0.5) is 29.1 Å². The quantitative estimate of drug-likeness (QED) is 0.335. The first-order chi connectivity index (χ1) is 16.8. The molecule has 9 nitrogen and oxygen atoms in total. The molecule has 4 aromatic rings. The molecule has 2 atom stereocenters. The van der Waals surface area contributed by atoms with Gasteiger partial charge in [0.15, 0.2) is 0 Å². The molecule has 0 spiro atoms. The summed E-state index contributed by atoms with van der Waals surface area (Å²) in [6, 6.07) is 7.85. The smallest absolute Gasteiger partial charge is 0.379 e. The maximum Gasteiger partial charge on any atom is 0.406 e. The Labute approximate surface area is 197 Å². The van der Waals surface area contributed by atoms with Gasteiger partial charge >= 0.3 is 6.18 Å². The van der Waals surface area contributed by atoms with Gasteiger partial charge in [-0.1, -0.05) is 11.2 Å². The molecule has 0 amide bonds. The highest BCUT2D eigenvalue weighted by Crippen LogP contribution is 2.35. The second kappa shape index (κ2) is 9.21. The maximum absolute atomic E-state index is 14.6. The number of rotatable bonds is 7. The zero-order chi connectivity index (χ0) is 24.6. The summed E-state index contributed by atoms with van der Waals surface area (Å²) in [5.74, 6) is 0.857. The number of halogens is 4. The maximum atomic E-state index is 14.6. The van der Waals surface area contributed by atoms with Crippen molar-refractivity contribution in [3.05, 3.63) is 42.4 Å². The Kier molecular flexibility index (Phi) is 6.09. The molecule has 13 heteroatoms. The average molecular weight is 492 g/mol. The highest BCUT2D eigenvalue weighted by molar-refractivity contribution is 5.96. The van der Waals surface area contributed by atoms with Crippen LogP contribution in [0.1, 0.15) is 12.3 Å². The zero-order valence-electron chi connectivity index (χ0n) is 18.8. The lowest BCUT2D eigenvalue weighted by atomic mass is 10.0. The van der Waals surface area contributed by atoms with Crippen molar-refractivity contribution < 1.29 is 22.1 Å². The van der Waals surface area contributed by atoms with Crippen LogP contribution in [-0.2, 0) is 13.1 Å². The molecule has 35 heavy (non-hydrogen) atoms. The van der Waals surface area contributed by atoms with Crippen molar-refractivity contribution in [3.8, 4) is 11.5 Å². The highest BCUT2D eigenvalue weighted by atomic mass is 19.4. The monoisotopic (exact) mass is 492 g/mol. The van der Waals surface area contributed by atoms with Gasteiger partial charge in [0.2, 0.25) is 11.7 Å². The number of likely N-dealkylation sites (tertiary alicyclic amines) is 1. The topological polar surface area (TPSA) is 99.8 Å². The molecule has 0 saturated carbocycles. The Morgan fingerprint density at radius 3 is 2.86 bits per heavy atom. The van der Waals surface area contributed by atoms with E-state index < -0.39 is 24.9 Å². The van der Waals surface area contributed by atoms with E-state index in [2.05, 4.69) is 31.0 Å². The summed E-state index contributed by atoms with van der Waals surface area (Å²) in [6.45, 7) is -0.0418. The lowest BCUT2D eigenvalue weighted by Gasteiger charge is -2.33. The molecule has 3 aromatic heterocycles. The highest BCUT2D eigenvalue weighted by Gasteiger charge is 2.32. The number of aromatic nitrogens is 5. The van der Waals surface area contributed by atoms with Gasteiger partial charge in [0.1, 0.15) is 18.5 Å². The van der Waals surface area contributed by atoms with Crippen LogP contribution in [0, 0.1) is 0 Å². The van der Waals surface area contributed by atoms with Gasteiger partial charge in [0.05, 0.1) is 30.0 Å². The normalized spacial score (nSPS) is 19.3. The summed E-state index contributed by atoms with van der Waals surface area (Å²) >= 11 is 0. The van der Waals surface area contributed by atoms with E-state index in [9.17, 15) is 17.6 Å². The molecular formula is C22H24F4N8O. The Bertz CT molecular complexity index is 1280. The average Bonchev–Trinajstić information content (AvgIpc) is 3.54. The molecule has 1 aliphatic rings. The number of hydrogen-bond donors (Lipinski definition) is 3.